The molecule has 0 saturated carbocycles. The zero-order valence-corrected chi connectivity index (χ0v) is 19.9. The number of primary amides is 1. The predicted molar refractivity (Wildman–Crippen MR) is 102 cm³/mol. The standard InChI is InChI=1S/C16H20N4O5.C3H8.Na.H/c1-6-10(17)13(22)9-7(5-25-15(18)23)16(24-3)14-8(19(14)2)4-20(16)11(9)12(6)21;1-3-2;;/h7-8,14H,4-5,17H2,1-3H3,(H2,18,23);3H2,1-2H3;;/q;;+1;-1/t7-,8+,14+,16-,19?;;;/m1.../s1. The summed E-state index contributed by atoms with van der Waals surface area (Å²) in [4.78, 5) is 40.8. The van der Waals surface area contributed by atoms with Gasteiger partial charge in [-0.05, 0) is 14.0 Å². The van der Waals surface area contributed by atoms with Crippen LogP contribution in [0.5, 0.6) is 0 Å². The first kappa shape index (κ1) is 23.9. The Balaban J connectivity index is 0.000000851. The molecule has 9 nitrogen and oxygen atoms in total. The maximum atomic E-state index is 12.9. The van der Waals surface area contributed by atoms with E-state index in [2.05, 4.69) is 18.7 Å². The third kappa shape index (κ3) is 3.23. The van der Waals surface area contributed by atoms with E-state index in [1.165, 1.54) is 13.5 Å². The van der Waals surface area contributed by atoms with Crippen LogP contribution in [0.2, 0.25) is 0 Å². The Morgan fingerprint density at radius 2 is 1.90 bits per heavy atom. The molecule has 3 aliphatic heterocycles. The molecular formula is C19H29N4NaO5. The molecule has 0 radical (unpaired) electrons. The average Bonchev–Trinajstić information content (AvgIpc) is 3.03. The number of allylic oxidation sites excluding steroid dienone is 2. The number of piperazine rings is 1. The number of ether oxygens (including phenoxy) is 2. The summed E-state index contributed by atoms with van der Waals surface area (Å²) in [6.07, 6.45) is 0.305. The van der Waals surface area contributed by atoms with Crippen molar-refractivity contribution in [2.24, 2.45) is 17.4 Å². The maximum absolute atomic E-state index is 12.9. The van der Waals surface area contributed by atoms with Crippen molar-refractivity contribution in [1.29, 1.82) is 0 Å². The van der Waals surface area contributed by atoms with Gasteiger partial charge in [0.1, 0.15) is 6.61 Å². The molecule has 4 rings (SSSR count). The van der Waals surface area contributed by atoms with Crippen LogP contribution in [0.1, 0.15) is 28.6 Å². The Morgan fingerprint density at radius 3 is 2.41 bits per heavy atom. The van der Waals surface area contributed by atoms with Crippen LogP contribution in [0.15, 0.2) is 22.5 Å². The van der Waals surface area contributed by atoms with E-state index in [0.29, 0.717) is 12.2 Å². The number of carbonyl (C=O) groups excluding carboxylic acids is 3. The number of hydrogen-bond acceptors (Lipinski definition) is 8. The summed E-state index contributed by atoms with van der Waals surface area (Å²) in [5.74, 6) is -1.32. The van der Waals surface area contributed by atoms with Crippen LogP contribution in [0.3, 0.4) is 0 Å². The topological polar surface area (TPSA) is 128 Å². The number of Topliss-reactive ketones (excluding diaryl/α,β-unsaturated/α-hetero) is 2. The molecule has 0 bridgehead atoms. The summed E-state index contributed by atoms with van der Waals surface area (Å²) in [6.45, 7) is 6.21. The second-order valence-corrected chi connectivity index (χ2v) is 7.59. The molecule has 156 valence electrons. The van der Waals surface area contributed by atoms with E-state index in [1.54, 1.807) is 6.92 Å². The largest absolute Gasteiger partial charge is 1.00 e. The molecular weight excluding hydrogens is 387 g/mol. The van der Waals surface area contributed by atoms with Crippen molar-refractivity contribution >= 4 is 17.7 Å². The first-order valence-electron chi connectivity index (χ1n) is 9.45. The van der Waals surface area contributed by atoms with Crippen LogP contribution in [-0.2, 0) is 19.1 Å². The molecule has 1 aliphatic carbocycles. The van der Waals surface area contributed by atoms with Gasteiger partial charge in [-0.15, -0.1) is 0 Å². The third-order valence-corrected chi connectivity index (χ3v) is 5.99. The zero-order valence-electron chi connectivity index (χ0n) is 18.9. The Hall–Kier alpha value is -1.39. The van der Waals surface area contributed by atoms with Gasteiger partial charge in [-0.1, -0.05) is 20.3 Å². The van der Waals surface area contributed by atoms with Gasteiger partial charge in [-0.3, -0.25) is 14.5 Å². The van der Waals surface area contributed by atoms with Gasteiger partial charge >= 0.3 is 35.7 Å². The normalized spacial score (nSPS) is 34.0. The molecule has 5 atom stereocenters. The van der Waals surface area contributed by atoms with Crippen molar-refractivity contribution in [3.05, 3.63) is 22.5 Å². The molecule has 1 unspecified atom stereocenters. The Bertz CT molecular complexity index is 817. The van der Waals surface area contributed by atoms with Crippen molar-refractivity contribution in [2.75, 3.05) is 27.3 Å². The second kappa shape index (κ2) is 8.39. The SMILES string of the molecule is CCC.CO[C@@]12[C@H](COC(N)=O)C3=C(C(=O)C(C)=C(N)C3=O)N1C[C@H]1[C@@H]2N1C.[H-].[Na+]. The molecule has 1 amide bonds. The van der Waals surface area contributed by atoms with Gasteiger partial charge in [0.25, 0.3) is 0 Å². The predicted octanol–water partition coefficient (Wildman–Crippen LogP) is -2.78. The van der Waals surface area contributed by atoms with E-state index < -0.39 is 23.5 Å². The van der Waals surface area contributed by atoms with E-state index >= 15 is 0 Å². The molecule has 4 N–H and O–H groups in total. The van der Waals surface area contributed by atoms with Crippen LogP contribution in [0, 0.1) is 5.92 Å². The Kier molecular flexibility index (Phi) is 6.91. The number of likely N-dealkylation sites (N-methyl/N-ethyl adjacent to an activating group) is 1. The van der Waals surface area contributed by atoms with Crippen molar-refractivity contribution in [2.45, 2.75) is 45.0 Å². The van der Waals surface area contributed by atoms with E-state index in [4.69, 9.17) is 20.9 Å². The smallest absolute Gasteiger partial charge is 1.00 e. The number of amides is 1. The molecule has 29 heavy (non-hydrogen) atoms. The number of fused-ring (bicyclic) bond motifs is 4. The van der Waals surface area contributed by atoms with Crippen molar-refractivity contribution in [3.8, 4) is 0 Å². The first-order chi connectivity index (χ1) is 13.2. The van der Waals surface area contributed by atoms with Gasteiger partial charge in [0.15, 0.2) is 5.72 Å². The number of ketones is 2. The summed E-state index contributed by atoms with van der Waals surface area (Å²) in [5.41, 5.74) is 10.8. The van der Waals surface area contributed by atoms with Crippen LogP contribution in [-0.4, -0.2) is 72.6 Å². The minimum absolute atomic E-state index is 0. The minimum atomic E-state index is -0.949. The summed E-state index contributed by atoms with van der Waals surface area (Å²) in [5, 5.41) is 0. The molecule has 0 aromatic carbocycles. The number of nitrogens with two attached hydrogens (primary N) is 2. The van der Waals surface area contributed by atoms with Crippen molar-refractivity contribution in [3.63, 3.8) is 0 Å². The number of methoxy groups -OCH3 is 1. The number of carbonyl (C=O) groups is 3. The van der Waals surface area contributed by atoms with E-state index in [0.717, 1.165) is 0 Å². The quantitative estimate of drug-likeness (QED) is 0.287. The molecule has 0 spiro atoms. The number of hydrogen-bond donors (Lipinski definition) is 2. The minimum Gasteiger partial charge on any atom is -1.00 e. The fourth-order valence-corrected chi connectivity index (χ4v) is 4.73. The molecule has 4 aliphatic rings. The van der Waals surface area contributed by atoms with Gasteiger partial charge in [-0.2, -0.15) is 0 Å². The molecule has 2 fully saturated rings. The molecule has 3 heterocycles. The fraction of sp³-hybridized carbons (Fsp3) is 0.632. The zero-order chi connectivity index (χ0) is 21.0. The Morgan fingerprint density at radius 1 is 1.31 bits per heavy atom. The van der Waals surface area contributed by atoms with Gasteiger partial charge in [-0.25, -0.2) is 4.79 Å². The molecule has 0 aromatic rings. The summed E-state index contributed by atoms with van der Waals surface area (Å²) in [7, 11) is 3.49. The molecule has 10 heteroatoms. The van der Waals surface area contributed by atoms with Crippen LogP contribution < -0.4 is 41.0 Å². The van der Waals surface area contributed by atoms with Crippen LogP contribution >= 0.6 is 0 Å². The third-order valence-electron chi connectivity index (χ3n) is 5.99. The number of nitrogens with zero attached hydrogens (tertiary/aromatic N) is 2. The van der Waals surface area contributed by atoms with E-state index in [1.807, 2.05) is 11.9 Å². The van der Waals surface area contributed by atoms with E-state index in [9.17, 15) is 14.4 Å². The van der Waals surface area contributed by atoms with E-state index in [-0.39, 0.29) is 72.3 Å². The van der Waals surface area contributed by atoms with Gasteiger partial charge < -0.3 is 27.3 Å². The van der Waals surface area contributed by atoms with Crippen molar-refractivity contribution < 1.29 is 54.8 Å². The summed E-state index contributed by atoms with van der Waals surface area (Å²) in [6, 6.07) is 0.211. The fourth-order valence-electron chi connectivity index (χ4n) is 4.73. The Labute approximate surface area is 194 Å². The molecule has 0 aromatic heterocycles. The van der Waals surface area contributed by atoms with Gasteiger partial charge in [0.2, 0.25) is 11.6 Å². The average molecular weight is 416 g/mol. The number of rotatable bonds is 3. The maximum Gasteiger partial charge on any atom is 1.00 e. The summed E-state index contributed by atoms with van der Waals surface area (Å²) < 4.78 is 10.9. The van der Waals surface area contributed by atoms with Gasteiger partial charge in [0.05, 0.1) is 23.4 Å². The van der Waals surface area contributed by atoms with Crippen molar-refractivity contribution in [1.82, 2.24) is 9.80 Å². The first-order valence-corrected chi connectivity index (χ1v) is 9.45. The second-order valence-electron chi connectivity index (χ2n) is 7.59. The molecule has 2 saturated heterocycles. The van der Waals surface area contributed by atoms with Gasteiger partial charge in [0, 0.05) is 30.8 Å². The summed E-state index contributed by atoms with van der Waals surface area (Å²) >= 11 is 0. The monoisotopic (exact) mass is 416 g/mol. The van der Waals surface area contributed by atoms with Crippen LogP contribution in [0.25, 0.3) is 0 Å². The van der Waals surface area contributed by atoms with Crippen LogP contribution in [0.4, 0.5) is 4.79 Å².